The second-order valence-electron chi connectivity index (χ2n) is 7.43. The van der Waals surface area contributed by atoms with Gasteiger partial charge < -0.3 is 4.74 Å². The molecule has 1 aliphatic rings. The first kappa shape index (κ1) is 18.6. The third-order valence-electron chi connectivity index (χ3n) is 4.28. The molecule has 1 aliphatic heterocycles. The van der Waals surface area contributed by atoms with Crippen LogP contribution in [0.3, 0.4) is 0 Å². The molecule has 0 radical (unpaired) electrons. The molecule has 26 heavy (non-hydrogen) atoms. The van der Waals surface area contributed by atoms with Crippen molar-refractivity contribution in [3.05, 3.63) is 58.6 Å². The molecule has 2 aromatic carbocycles. The summed E-state index contributed by atoms with van der Waals surface area (Å²) in [6, 6.07) is 15.8. The van der Waals surface area contributed by atoms with E-state index in [-0.39, 0.29) is 11.9 Å². The van der Waals surface area contributed by atoms with Crippen LogP contribution < -0.4 is 0 Å². The maximum absolute atomic E-state index is 12.5. The van der Waals surface area contributed by atoms with E-state index in [4.69, 9.17) is 4.74 Å². The van der Waals surface area contributed by atoms with Crippen molar-refractivity contribution in [3.63, 3.8) is 0 Å². The van der Waals surface area contributed by atoms with E-state index in [1.807, 2.05) is 48.5 Å². The average molecular weight is 416 g/mol. The van der Waals surface area contributed by atoms with E-state index in [1.165, 1.54) is 4.90 Å². The van der Waals surface area contributed by atoms with Gasteiger partial charge in [0.15, 0.2) is 0 Å². The van der Waals surface area contributed by atoms with Gasteiger partial charge >= 0.3 is 6.09 Å². The van der Waals surface area contributed by atoms with Gasteiger partial charge in [0, 0.05) is 10.9 Å². The van der Waals surface area contributed by atoms with Crippen LogP contribution in [0.4, 0.5) is 4.79 Å². The van der Waals surface area contributed by atoms with Crippen LogP contribution in [-0.2, 0) is 9.53 Å². The Kier molecular flexibility index (Phi) is 5.19. The van der Waals surface area contributed by atoms with E-state index in [1.54, 1.807) is 20.8 Å². The maximum Gasteiger partial charge on any atom is 0.417 e. The van der Waals surface area contributed by atoms with Crippen molar-refractivity contribution in [2.45, 2.75) is 45.3 Å². The summed E-state index contributed by atoms with van der Waals surface area (Å²) in [4.78, 5) is 25.9. The van der Waals surface area contributed by atoms with Crippen molar-refractivity contribution in [3.8, 4) is 11.1 Å². The first-order chi connectivity index (χ1) is 12.2. The van der Waals surface area contributed by atoms with Crippen LogP contribution in [0.1, 0.15) is 45.2 Å². The van der Waals surface area contributed by atoms with Crippen LogP contribution in [0.2, 0.25) is 0 Å². The molecule has 2 aromatic rings. The molecule has 0 aromatic heterocycles. The van der Waals surface area contributed by atoms with Crippen molar-refractivity contribution >= 4 is 27.9 Å². The van der Waals surface area contributed by atoms with Crippen LogP contribution in [0.15, 0.2) is 53.0 Å². The molecular weight excluding hydrogens is 394 g/mol. The van der Waals surface area contributed by atoms with Gasteiger partial charge in [-0.15, -0.1) is 0 Å². The van der Waals surface area contributed by atoms with Gasteiger partial charge in [0.2, 0.25) is 5.91 Å². The molecular formula is C21H22BrNO3. The zero-order chi connectivity index (χ0) is 18.9. The molecule has 2 amide bonds. The van der Waals surface area contributed by atoms with Crippen molar-refractivity contribution < 1.29 is 14.3 Å². The Morgan fingerprint density at radius 1 is 1.04 bits per heavy atom. The first-order valence-electron chi connectivity index (χ1n) is 8.65. The highest BCUT2D eigenvalue weighted by molar-refractivity contribution is 9.10. The molecule has 0 saturated carbocycles. The fourth-order valence-corrected chi connectivity index (χ4v) is 3.34. The van der Waals surface area contributed by atoms with Gasteiger partial charge in [0.1, 0.15) is 5.60 Å². The third kappa shape index (κ3) is 4.15. The number of ether oxygens (including phenoxy) is 1. The van der Waals surface area contributed by atoms with Gasteiger partial charge in [0.05, 0.1) is 6.04 Å². The number of benzene rings is 2. The summed E-state index contributed by atoms with van der Waals surface area (Å²) in [6.45, 7) is 5.40. The molecule has 0 bridgehead atoms. The van der Waals surface area contributed by atoms with Crippen LogP contribution in [0.25, 0.3) is 11.1 Å². The largest absolute Gasteiger partial charge is 0.443 e. The number of halogens is 1. The number of likely N-dealkylation sites (tertiary alicyclic amines) is 1. The highest BCUT2D eigenvalue weighted by Crippen LogP contribution is 2.35. The van der Waals surface area contributed by atoms with E-state index in [0.717, 1.165) is 21.2 Å². The van der Waals surface area contributed by atoms with Crippen molar-refractivity contribution in [1.29, 1.82) is 0 Å². The van der Waals surface area contributed by atoms with E-state index >= 15 is 0 Å². The number of amides is 2. The minimum absolute atomic E-state index is 0.179. The quantitative estimate of drug-likeness (QED) is 0.630. The highest BCUT2D eigenvalue weighted by atomic mass is 79.9. The lowest BCUT2D eigenvalue weighted by Crippen LogP contribution is -2.38. The molecule has 1 atom stereocenters. The van der Waals surface area contributed by atoms with E-state index in [2.05, 4.69) is 15.9 Å². The van der Waals surface area contributed by atoms with Crippen molar-refractivity contribution in [1.82, 2.24) is 4.90 Å². The Hall–Kier alpha value is -2.14. The molecule has 0 aliphatic carbocycles. The maximum atomic E-state index is 12.5. The third-order valence-corrected chi connectivity index (χ3v) is 4.80. The van der Waals surface area contributed by atoms with E-state index in [0.29, 0.717) is 12.8 Å². The van der Waals surface area contributed by atoms with Crippen LogP contribution in [0, 0.1) is 0 Å². The molecule has 1 unspecified atom stereocenters. The Balaban J connectivity index is 1.82. The lowest BCUT2D eigenvalue weighted by atomic mass is 9.99. The van der Waals surface area contributed by atoms with E-state index in [9.17, 15) is 9.59 Å². The molecule has 3 rings (SSSR count). The van der Waals surface area contributed by atoms with Gasteiger partial charge in [-0.3, -0.25) is 4.79 Å². The second-order valence-corrected chi connectivity index (χ2v) is 8.34. The number of carbonyl (C=O) groups excluding carboxylic acids is 2. The zero-order valence-corrected chi connectivity index (χ0v) is 16.7. The molecule has 5 heteroatoms. The molecule has 136 valence electrons. The van der Waals surface area contributed by atoms with Crippen LogP contribution in [0.5, 0.6) is 0 Å². The van der Waals surface area contributed by atoms with Gasteiger partial charge in [-0.25, -0.2) is 9.69 Å². The summed E-state index contributed by atoms with van der Waals surface area (Å²) in [5.74, 6) is -0.179. The van der Waals surface area contributed by atoms with Crippen LogP contribution >= 0.6 is 15.9 Å². The normalized spacial score (nSPS) is 17.5. The molecule has 0 N–H and O–H groups in total. The van der Waals surface area contributed by atoms with E-state index < -0.39 is 11.7 Å². The molecule has 4 nitrogen and oxygen atoms in total. The van der Waals surface area contributed by atoms with Crippen LogP contribution in [-0.4, -0.2) is 22.5 Å². The Morgan fingerprint density at radius 2 is 1.58 bits per heavy atom. The predicted octanol–water partition coefficient (Wildman–Crippen LogP) is 5.71. The van der Waals surface area contributed by atoms with Crippen molar-refractivity contribution in [2.24, 2.45) is 0 Å². The summed E-state index contributed by atoms with van der Waals surface area (Å²) in [5, 5.41) is 0. The summed E-state index contributed by atoms with van der Waals surface area (Å²) < 4.78 is 6.45. The SMILES string of the molecule is CC(C)(C)OC(=O)N1C(=O)CCC1c1ccc(-c2ccc(Br)cc2)cc1. The lowest BCUT2D eigenvalue weighted by Gasteiger charge is -2.27. The molecule has 1 fully saturated rings. The smallest absolute Gasteiger partial charge is 0.417 e. The summed E-state index contributed by atoms with van der Waals surface area (Å²) >= 11 is 3.44. The first-order valence-corrected chi connectivity index (χ1v) is 9.45. The molecule has 1 saturated heterocycles. The second kappa shape index (κ2) is 7.23. The summed E-state index contributed by atoms with van der Waals surface area (Å²) in [5.41, 5.74) is 2.53. The standard InChI is InChI=1S/C21H22BrNO3/c1-21(2,3)26-20(25)23-18(12-13-19(23)24)16-6-4-14(5-7-16)15-8-10-17(22)11-9-15/h4-11,18H,12-13H2,1-3H3. The Morgan fingerprint density at radius 3 is 2.12 bits per heavy atom. The Labute approximate surface area is 162 Å². The van der Waals surface area contributed by atoms with Gasteiger partial charge in [-0.05, 0) is 56.0 Å². The predicted molar refractivity (Wildman–Crippen MR) is 105 cm³/mol. The molecule has 0 spiro atoms. The average Bonchev–Trinajstić information content (AvgIpc) is 2.96. The number of rotatable bonds is 2. The topological polar surface area (TPSA) is 46.6 Å². The monoisotopic (exact) mass is 415 g/mol. The summed E-state index contributed by atoms with van der Waals surface area (Å²) in [6.07, 6.45) is 0.413. The zero-order valence-electron chi connectivity index (χ0n) is 15.2. The number of hydrogen-bond acceptors (Lipinski definition) is 3. The molecule has 1 heterocycles. The van der Waals surface area contributed by atoms with Gasteiger partial charge in [0.25, 0.3) is 0 Å². The van der Waals surface area contributed by atoms with Gasteiger partial charge in [-0.2, -0.15) is 0 Å². The Bertz CT molecular complexity index is 807. The number of imide groups is 1. The van der Waals surface area contributed by atoms with Crippen molar-refractivity contribution in [2.75, 3.05) is 0 Å². The van der Waals surface area contributed by atoms with Gasteiger partial charge in [-0.1, -0.05) is 52.3 Å². The number of hydrogen-bond donors (Lipinski definition) is 0. The fourth-order valence-electron chi connectivity index (χ4n) is 3.08. The minimum Gasteiger partial charge on any atom is -0.443 e. The number of nitrogens with zero attached hydrogens (tertiary/aromatic N) is 1. The number of carbonyl (C=O) groups is 2. The summed E-state index contributed by atoms with van der Waals surface area (Å²) in [7, 11) is 0. The highest BCUT2D eigenvalue weighted by Gasteiger charge is 2.39. The lowest BCUT2D eigenvalue weighted by molar-refractivity contribution is -0.128. The fraction of sp³-hybridized carbons (Fsp3) is 0.333. The minimum atomic E-state index is -0.629.